The maximum absolute atomic E-state index is 9.18. The van der Waals surface area contributed by atoms with Crippen LogP contribution in [0, 0.1) is 0 Å². The molecule has 1 aliphatic rings. The third kappa shape index (κ3) is 2.29. The summed E-state index contributed by atoms with van der Waals surface area (Å²) in [5, 5.41) is 26.5. The van der Waals surface area contributed by atoms with E-state index in [1.165, 1.54) is 0 Å². The summed E-state index contributed by atoms with van der Waals surface area (Å²) >= 11 is 0. The summed E-state index contributed by atoms with van der Waals surface area (Å²) in [6.45, 7) is 0. The van der Waals surface area contributed by atoms with Crippen molar-refractivity contribution in [2.45, 2.75) is 38.1 Å². The highest BCUT2D eigenvalue weighted by Crippen LogP contribution is 2.21. The minimum Gasteiger partial charge on any atom is -0.383 e. The molecule has 3 N–H and O–H groups in total. The van der Waals surface area contributed by atoms with Crippen LogP contribution >= 0.6 is 0 Å². The zero-order valence-corrected chi connectivity index (χ0v) is 6.40. The van der Waals surface area contributed by atoms with Crippen LogP contribution in [0.1, 0.15) is 25.7 Å². The predicted molar refractivity (Wildman–Crippen MR) is 40.8 cm³/mol. The molecule has 0 heterocycles. The van der Waals surface area contributed by atoms with Gasteiger partial charge in [-0.15, -0.1) is 0 Å². The zero-order valence-electron chi connectivity index (χ0n) is 6.40. The maximum atomic E-state index is 9.18. The number of hydrogen-bond acceptors (Lipinski definition) is 3. The van der Waals surface area contributed by atoms with Crippen molar-refractivity contribution < 1.29 is 15.3 Å². The molecule has 1 atom stereocenters. The third-order valence-electron chi connectivity index (χ3n) is 1.99. The maximum Gasteiger partial charge on any atom is 0.182 e. The van der Waals surface area contributed by atoms with Crippen LogP contribution in [0.25, 0.3) is 0 Å². The zero-order chi connectivity index (χ0) is 8.27. The molecule has 0 saturated heterocycles. The Bertz CT molecular complexity index is 151. The van der Waals surface area contributed by atoms with Crippen molar-refractivity contribution in [3.8, 4) is 0 Å². The molecule has 0 amide bonds. The highest BCUT2D eigenvalue weighted by Gasteiger charge is 2.18. The van der Waals surface area contributed by atoms with Gasteiger partial charge in [0.25, 0.3) is 0 Å². The van der Waals surface area contributed by atoms with Gasteiger partial charge >= 0.3 is 0 Å². The van der Waals surface area contributed by atoms with E-state index in [2.05, 4.69) is 0 Å². The minimum atomic E-state index is -1.63. The summed E-state index contributed by atoms with van der Waals surface area (Å²) < 4.78 is 0. The standard InChI is InChI=1S/C8H14O3/c9-7(8(10)11)6-4-2-1-3-5-6/h4,7-11H,1-3,5H2. The molecule has 0 aromatic heterocycles. The summed E-state index contributed by atoms with van der Waals surface area (Å²) in [5.41, 5.74) is 0.770. The summed E-state index contributed by atoms with van der Waals surface area (Å²) in [6, 6.07) is 0. The molecule has 0 aromatic carbocycles. The SMILES string of the molecule is OC(O)C(O)C1=CCCCC1. The van der Waals surface area contributed by atoms with Crippen LogP contribution in [0.4, 0.5) is 0 Å². The Labute approximate surface area is 66.0 Å². The topological polar surface area (TPSA) is 60.7 Å². The first-order valence-corrected chi connectivity index (χ1v) is 3.95. The summed E-state index contributed by atoms with van der Waals surface area (Å²) in [4.78, 5) is 0. The highest BCUT2D eigenvalue weighted by molar-refractivity contribution is 5.10. The Kier molecular flexibility index (Phi) is 3.05. The number of hydrogen-bond donors (Lipinski definition) is 3. The van der Waals surface area contributed by atoms with E-state index in [1.54, 1.807) is 0 Å². The molecule has 0 saturated carbocycles. The second kappa shape index (κ2) is 3.85. The Hall–Kier alpha value is -0.380. The van der Waals surface area contributed by atoms with Crippen molar-refractivity contribution in [2.24, 2.45) is 0 Å². The molecule has 1 unspecified atom stereocenters. The smallest absolute Gasteiger partial charge is 0.182 e. The largest absolute Gasteiger partial charge is 0.383 e. The highest BCUT2D eigenvalue weighted by atomic mass is 16.5. The van der Waals surface area contributed by atoms with E-state index in [9.17, 15) is 5.11 Å². The number of rotatable bonds is 2. The first-order valence-electron chi connectivity index (χ1n) is 3.95. The van der Waals surface area contributed by atoms with Crippen molar-refractivity contribution >= 4 is 0 Å². The van der Waals surface area contributed by atoms with E-state index in [0.717, 1.165) is 31.3 Å². The van der Waals surface area contributed by atoms with E-state index in [4.69, 9.17) is 10.2 Å². The van der Waals surface area contributed by atoms with Gasteiger partial charge in [-0.3, -0.25) is 0 Å². The van der Waals surface area contributed by atoms with Gasteiger partial charge in [0.15, 0.2) is 6.29 Å². The lowest BCUT2D eigenvalue weighted by Crippen LogP contribution is -2.27. The van der Waals surface area contributed by atoms with Crippen molar-refractivity contribution in [3.05, 3.63) is 11.6 Å². The average Bonchev–Trinajstić information content (AvgIpc) is 2.05. The van der Waals surface area contributed by atoms with Crippen LogP contribution in [0.15, 0.2) is 11.6 Å². The van der Waals surface area contributed by atoms with E-state index < -0.39 is 12.4 Å². The van der Waals surface area contributed by atoms with Crippen LogP contribution in [-0.4, -0.2) is 27.7 Å². The van der Waals surface area contributed by atoms with E-state index in [1.807, 2.05) is 6.08 Å². The van der Waals surface area contributed by atoms with Gasteiger partial charge in [0, 0.05) is 0 Å². The minimum absolute atomic E-state index is 0.770. The first kappa shape index (κ1) is 8.71. The molecule has 64 valence electrons. The van der Waals surface area contributed by atoms with Gasteiger partial charge in [-0.05, 0) is 31.3 Å². The van der Waals surface area contributed by atoms with Gasteiger partial charge in [-0.2, -0.15) is 0 Å². The second-order valence-corrected chi connectivity index (χ2v) is 2.88. The molecule has 3 nitrogen and oxygen atoms in total. The fourth-order valence-electron chi connectivity index (χ4n) is 1.32. The fourth-order valence-corrected chi connectivity index (χ4v) is 1.32. The number of aliphatic hydroxyl groups excluding tert-OH is 2. The van der Waals surface area contributed by atoms with Crippen molar-refractivity contribution in [1.82, 2.24) is 0 Å². The van der Waals surface area contributed by atoms with E-state index >= 15 is 0 Å². The van der Waals surface area contributed by atoms with Crippen LogP contribution < -0.4 is 0 Å². The van der Waals surface area contributed by atoms with Crippen LogP contribution in [0.5, 0.6) is 0 Å². The predicted octanol–water partition coefficient (Wildman–Crippen LogP) is 0.158. The molecule has 11 heavy (non-hydrogen) atoms. The molecule has 0 bridgehead atoms. The summed E-state index contributed by atoms with van der Waals surface area (Å²) in [6.07, 6.45) is 3.11. The van der Waals surface area contributed by atoms with Crippen molar-refractivity contribution in [3.63, 3.8) is 0 Å². The van der Waals surface area contributed by atoms with E-state index in [-0.39, 0.29) is 0 Å². The Balaban J connectivity index is 2.51. The molecule has 0 aromatic rings. The van der Waals surface area contributed by atoms with Gasteiger partial charge in [-0.1, -0.05) is 6.08 Å². The fraction of sp³-hybridized carbons (Fsp3) is 0.750. The van der Waals surface area contributed by atoms with Crippen molar-refractivity contribution in [2.75, 3.05) is 0 Å². The molecule has 1 rings (SSSR count). The van der Waals surface area contributed by atoms with Gasteiger partial charge < -0.3 is 15.3 Å². The number of allylic oxidation sites excluding steroid dienone is 1. The Morgan fingerprint density at radius 2 is 1.91 bits per heavy atom. The molecular formula is C8H14O3. The number of aliphatic hydroxyl groups is 3. The molecule has 0 radical (unpaired) electrons. The summed E-state index contributed by atoms with van der Waals surface area (Å²) in [7, 11) is 0. The molecule has 3 heteroatoms. The average molecular weight is 158 g/mol. The normalized spacial score (nSPS) is 21.6. The quantitative estimate of drug-likeness (QED) is 0.396. The molecule has 0 aliphatic heterocycles. The molecule has 0 spiro atoms. The Morgan fingerprint density at radius 3 is 2.36 bits per heavy atom. The lowest BCUT2D eigenvalue weighted by Gasteiger charge is -2.19. The molecule has 1 aliphatic carbocycles. The lowest BCUT2D eigenvalue weighted by molar-refractivity contribution is -0.109. The monoisotopic (exact) mass is 158 g/mol. The van der Waals surface area contributed by atoms with Crippen LogP contribution in [-0.2, 0) is 0 Å². The van der Waals surface area contributed by atoms with Gasteiger partial charge in [-0.25, -0.2) is 0 Å². The molecular weight excluding hydrogens is 144 g/mol. The van der Waals surface area contributed by atoms with Gasteiger partial charge in [0.05, 0.1) is 0 Å². The third-order valence-corrected chi connectivity index (χ3v) is 1.99. The Morgan fingerprint density at radius 1 is 1.18 bits per heavy atom. The van der Waals surface area contributed by atoms with Crippen LogP contribution in [0.2, 0.25) is 0 Å². The molecule has 0 fully saturated rings. The second-order valence-electron chi connectivity index (χ2n) is 2.88. The first-order chi connectivity index (χ1) is 5.22. The van der Waals surface area contributed by atoms with Crippen molar-refractivity contribution in [1.29, 1.82) is 0 Å². The van der Waals surface area contributed by atoms with Crippen LogP contribution in [0.3, 0.4) is 0 Å². The van der Waals surface area contributed by atoms with Gasteiger partial charge in [0.2, 0.25) is 0 Å². The lowest BCUT2D eigenvalue weighted by atomic mass is 9.95. The van der Waals surface area contributed by atoms with E-state index in [0.29, 0.717) is 0 Å². The van der Waals surface area contributed by atoms with Gasteiger partial charge in [0.1, 0.15) is 6.10 Å². The summed E-state index contributed by atoms with van der Waals surface area (Å²) in [5.74, 6) is 0.